The molecule has 152 valence electrons. The highest BCUT2D eigenvalue weighted by Crippen LogP contribution is 2.44. The summed E-state index contributed by atoms with van der Waals surface area (Å²) in [5.41, 5.74) is -3.26. The van der Waals surface area contributed by atoms with E-state index in [-0.39, 0.29) is 33.8 Å². The maximum absolute atomic E-state index is 14.1. The van der Waals surface area contributed by atoms with Crippen molar-refractivity contribution < 1.29 is 31.5 Å². The first-order chi connectivity index (χ1) is 13.4. The Kier molecular flexibility index (Phi) is 3.92. The predicted octanol–water partition coefficient (Wildman–Crippen LogP) is 3.81. The summed E-state index contributed by atoms with van der Waals surface area (Å²) >= 11 is 0. The molecule has 29 heavy (non-hydrogen) atoms. The third-order valence-electron chi connectivity index (χ3n) is 4.31. The predicted molar refractivity (Wildman–Crippen MR) is 89.0 cm³/mol. The molecular weight excluding hydrogens is 401 g/mol. The topological polar surface area (TPSA) is 89.3 Å². The Labute approximate surface area is 158 Å². The van der Waals surface area contributed by atoms with Crippen molar-refractivity contribution in [3.63, 3.8) is 0 Å². The number of hydrogen-bond donors (Lipinski definition) is 1. The lowest BCUT2D eigenvalue weighted by Gasteiger charge is -2.24. The van der Waals surface area contributed by atoms with Gasteiger partial charge in [-0.05, 0) is 37.6 Å². The fourth-order valence-corrected chi connectivity index (χ4v) is 2.93. The van der Waals surface area contributed by atoms with Crippen molar-refractivity contribution in [3.8, 4) is 11.6 Å². The molecule has 12 heteroatoms. The van der Waals surface area contributed by atoms with Crippen molar-refractivity contribution in [1.82, 2.24) is 24.6 Å². The number of fused-ring (bicyclic) bond motifs is 3. The van der Waals surface area contributed by atoms with E-state index in [1.165, 1.54) is 36.6 Å². The SMILES string of the molecule is CC(C)(O)c1cc(C(F)(F)C(F)(F)F)nc2c1ccc1nc(-c3nnco3)cn12. The lowest BCUT2D eigenvalue weighted by molar-refractivity contribution is -0.290. The molecular formula is C17H12F5N5O2. The summed E-state index contributed by atoms with van der Waals surface area (Å²) in [4.78, 5) is 7.78. The molecule has 4 aromatic rings. The monoisotopic (exact) mass is 413 g/mol. The molecule has 0 aliphatic heterocycles. The largest absolute Gasteiger partial charge is 0.459 e. The Bertz CT molecular complexity index is 1210. The number of aliphatic hydroxyl groups is 1. The van der Waals surface area contributed by atoms with Gasteiger partial charge in [0.15, 0.2) is 0 Å². The van der Waals surface area contributed by atoms with Gasteiger partial charge in [-0.15, -0.1) is 10.2 Å². The van der Waals surface area contributed by atoms with Crippen LogP contribution in [0.25, 0.3) is 28.3 Å². The Morgan fingerprint density at radius 2 is 1.79 bits per heavy atom. The zero-order chi connectivity index (χ0) is 21.2. The minimum absolute atomic E-state index is 0.0290. The number of imidazole rings is 1. The summed E-state index contributed by atoms with van der Waals surface area (Å²) in [7, 11) is 0. The summed E-state index contributed by atoms with van der Waals surface area (Å²) in [6, 6.07) is 3.50. The summed E-state index contributed by atoms with van der Waals surface area (Å²) in [6.07, 6.45) is -3.48. The van der Waals surface area contributed by atoms with Crippen LogP contribution >= 0.6 is 0 Å². The number of alkyl halides is 5. The van der Waals surface area contributed by atoms with Gasteiger partial charge in [-0.25, -0.2) is 9.97 Å². The van der Waals surface area contributed by atoms with Crippen LogP contribution in [-0.4, -0.2) is 35.8 Å². The second-order valence-corrected chi connectivity index (χ2v) is 6.86. The van der Waals surface area contributed by atoms with E-state index in [1.54, 1.807) is 0 Å². The lowest BCUT2D eigenvalue weighted by atomic mass is 9.94. The normalized spacial score (nSPS) is 13.5. The van der Waals surface area contributed by atoms with Gasteiger partial charge in [-0.2, -0.15) is 22.0 Å². The molecule has 1 N–H and O–H groups in total. The van der Waals surface area contributed by atoms with Gasteiger partial charge in [0.2, 0.25) is 6.39 Å². The summed E-state index contributed by atoms with van der Waals surface area (Å²) in [5.74, 6) is -5.19. The lowest BCUT2D eigenvalue weighted by Crippen LogP contribution is -2.35. The molecule has 0 spiro atoms. The van der Waals surface area contributed by atoms with Crippen molar-refractivity contribution in [2.75, 3.05) is 0 Å². The number of rotatable bonds is 3. The summed E-state index contributed by atoms with van der Waals surface area (Å²) in [5, 5.41) is 17.8. The number of hydrogen-bond acceptors (Lipinski definition) is 6. The smallest absolute Gasteiger partial charge is 0.422 e. The molecule has 0 aromatic carbocycles. The highest BCUT2D eigenvalue weighted by atomic mass is 19.4. The molecule has 0 unspecified atom stereocenters. The maximum atomic E-state index is 14.1. The van der Waals surface area contributed by atoms with Crippen LogP contribution in [0.5, 0.6) is 0 Å². The number of aromatic nitrogens is 5. The van der Waals surface area contributed by atoms with Crippen LogP contribution in [0.1, 0.15) is 25.1 Å². The second-order valence-electron chi connectivity index (χ2n) is 6.86. The summed E-state index contributed by atoms with van der Waals surface area (Å²) < 4.78 is 73.2. The molecule has 4 heterocycles. The van der Waals surface area contributed by atoms with Gasteiger partial charge in [-0.1, -0.05) is 0 Å². The molecule has 0 saturated heterocycles. The molecule has 4 rings (SSSR count). The van der Waals surface area contributed by atoms with Crippen molar-refractivity contribution in [3.05, 3.63) is 42.0 Å². The van der Waals surface area contributed by atoms with E-state index in [1.807, 2.05) is 0 Å². The van der Waals surface area contributed by atoms with Crippen molar-refractivity contribution >= 4 is 16.7 Å². The van der Waals surface area contributed by atoms with E-state index < -0.39 is 23.4 Å². The molecule has 7 nitrogen and oxygen atoms in total. The van der Waals surface area contributed by atoms with Crippen LogP contribution in [0.15, 0.2) is 35.2 Å². The molecule has 0 amide bonds. The average Bonchev–Trinajstić information content (AvgIpc) is 3.27. The van der Waals surface area contributed by atoms with E-state index in [0.29, 0.717) is 6.07 Å². The van der Waals surface area contributed by atoms with E-state index in [0.717, 1.165) is 6.39 Å². The van der Waals surface area contributed by atoms with Crippen molar-refractivity contribution in [1.29, 1.82) is 0 Å². The first kappa shape index (κ1) is 19.2. The number of nitrogens with zero attached hydrogens (tertiary/aromatic N) is 5. The third kappa shape index (κ3) is 2.99. The van der Waals surface area contributed by atoms with Crippen LogP contribution in [0.3, 0.4) is 0 Å². The quantitative estimate of drug-likeness (QED) is 0.514. The summed E-state index contributed by atoms with van der Waals surface area (Å²) in [6.45, 7) is 2.55. The van der Waals surface area contributed by atoms with Crippen LogP contribution in [0.2, 0.25) is 0 Å². The van der Waals surface area contributed by atoms with E-state index in [4.69, 9.17) is 4.42 Å². The van der Waals surface area contributed by atoms with Gasteiger partial charge in [0, 0.05) is 11.6 Å². The third-order valence-corrected chi connectivity index (χ3v) is 4.31. The second kappa shape index (κ2) is 5.92. The molecule has 4 aromatic heterocycles. The Hall–Kier alpha value is -3.15. The fourth-order valence-electron chi connectivity index (χ4n) is 2.93. The number of halogens is 5. The Morgan fingerprint density at radius 1 is 1.07 bits per heavy atom. The molecule has 0 bridgehead atoms. The minimum Gasteiger partial charge on any atom is -0.422 e. The van der Waals surface area contributed by atoms with E-state index in [9.17, 15) is 27.1 Å². The highest BCUT2D eigenvalue weighted by molar-refractivity contribution is 5.84. The molecule has 0 atom stereocenters. The van der Waals surface area contributed by atoms with Crippen LogP contribution in [0, 0.1) is 0 Å². The molecule has 0 fully saturated rings. The van der Waals surface area contributed by atoms with Crippen molar-refractivity contribution in [2.45, 2.75) is 31.5 Å². The molecule has 0 saturated carbocycles. The van der Waals surface area contributed by atoms with Gasteiger partial charge >= 0.3 is 12.1 Å². The van der Waals surface area contributed by atoms with Gasteiger partial charge in [0.1, 0.15) is 22.7 Å². The number of pyridine rings is 2. The van der Waals surface area contributed by atoms with Gasteiger partial charge in [-0.3, -0.25) is 4.40 Å². The highest BCUT2D eigenvalue weighted by Gasteiger charge is 2.60. The van der Waals surface area contributed by atoms with Crippen LogP contribution < -0.4 is 0 Å². The van der Waals surface area contributed by atoms with Gasteiger partial charge in [0.05, 0.1) is 5.60 Å². The fraction of sp³-hybridized carbons (Fsp3) is 0.294. The average molecular weight is 413 g/mol. The first-order valence-corrected chi connectivity index (χ1v) is 8.17. The van der Waals surface area contributed by atoms with Crippen LogP contribution in [-0.2, 0) is 11.5 Å². The maximum Gasteiger partial charge on any atom is 0.459 e. The molecule has 0 aliphatic rings. The van der Waals surface area contributed by atoms with E-state index >= 15 is 0 Å². The molecule has 0 aliphatic carbocycles. The Balaban J connectivity index is 2.08. The molecule has 0 radical (unpaired) electrons. The van der Waals surface area contributed by atoms with Gasteiger partial charge < -0.3 is 9.52 Å². The van der Waals surface area contributed by atoms with E-state index in [2.05, 4.69) is 20.2 Å². The minimum atomic E-state index is -5.86. The standard InChI is InChI=1S/C17H12F5N5O2/c1-15(2,28)9-5-11(16(18,19)17(20,21)22)25-13-8(9)3-4-12-24-10(6-27(12)13)14-26-23-7-29-14/h3-7,28H,1-2H3. The van der Waals surface area contributed by atoms with Gasteiger partial charge in [0.25, 0.3) is 5.89 Å². The first-order valence-electron chi connectivity index (χ1n) is 8.17. The zero-order valence-electron chi connectivity index (χ0n) is 14.9. The Morgan fingerprint density at radius 3 is 2.38 bits per heavy atom. The van der Waals surface area contributed by atoms with Crippen LogP contribution in [0.4, 0.5) is 22.0 Å². The zero-order valence-corrected chi connectivity index (χ0v) is 14.9. The van der Waals surface area contributed by atoms with Crippen molar-refractivity contribution in [2.24, 2.45) is 0 Å².